The molecular formula is C35H39ClCmFN6O4-. The molecule has 48 heavy (non-hydrogen) atoms. The number of piperazine rings is 1. The number of carbonyl (C=O) groups is 1. The topological polar surface area (TPSA) is 128 Å². The molecule has 256 valence electrons. The van der Waals surface area contributed by atoms with Gasteiger partial charge in [0.1, 0.15) is 11.3 Å². The first kappa shape index (κ1) is 35.3. The summed E-state index contributed by atoms with van der Waals surface area (Å²) >= 11 is 5.59. The third kappa shape index (κ3) is 7.54. The second kappa shape index (κ2) is 14.9. The molecular weight excluding hydrogens is 870 g/mol. The first-order valence-corrected chi connectivity index (χ1v) is 16.0. The Morgan fingerprint density at radius 2 is 2.00 bits per heavy atom. The van der Waals surface area contributed by atoms with E-state index in [-0.39, 0.29) is 34.0 Å². The predicted octanol–water partition coefficient (Wildman–Crippen LogP) is 6.48. The van der Waals surface area contributed by atoms with Gasteiger partial charge in [-0.3, -0.25) is 9.88 Å². The minimum atomic E-state index is -0.615. The number of esters is 1. The van der Waals surface area contributed by atoms with E-state index >= 15 is 4.39 Å². The van der Waals surface area contributed by atoms with E-state index in [9.17, 15) is 20.3 Å². The summed E-state index contributed by atoms with van der Waals surface area (Å²) < 4.78 is 22.0. The van der Waals surface area contributed by atoms with Crippen LogP contribution in [0.2, 0.25) is 5.02 Å². The number of halogens is 2. The molecule has 0 amide bonds. The molecule has 0 spiro atoms. The Labute approximate surface area is 279 Å². The monoisotopic (exact) mass is 904 g/mol. The Hall–Kier alpha value is -5.53. The summed E-state index contributed by atoms with van der Waals surface area (Å²) in [6, 6.07) is 13.9. The number of fused-ring (bicyclic) bond motifs is 1. The number of imidazole rings is 1. The molecule has 1 saturated heterocycles. The Morgan fingerprint density at radius 1 is 1.23 bits per heavy atom. The number of phenolic OH excluding ortho intramolecular Hbond substituents is 2. The van der Waals surface area contributed by atoms with Crippen molar-refractivity contribution < 1.29 is 24.1 Å². The van der Waals surface area contributed by atoms with Crippen molar-refractivity contribution in [2.75, 3.05) is 31.6 Å². The normalized spacial score (nSPS) is 16.7. The van der Waals surface area contributed by atoms with Crippen LogP contribution in [0.5, 0.6) is 11.5 Å². The second-order valence-corrected chi connectivity index (χ2v) is 12.5. The number of nitrogens with zero attached hydrogens (tertiary/aromatic N) is 6. The molecule has 1 aliphatic heterocycles. The fourth-order valence-electron chi connectivity index (χ4n) is 6.05. The molecule has 2 aromatic heterocycles. The summed E-state index contributed by atoms with van der Waals surface area (Å²) in [6.07, 6.45) is 6.66. The fourth-order valence-corrected chi connectivity index (χ4v) is 6.17. The third-order valence-corrected chi connectivity index (χ3v) is 9.24. The number of ether oxygens (including phenoxy) is 1. The Balaban J connectivity index is 0.000000452. The van der Waals surface area contributed by atoms with Crippen LogP contribution in [0.3, 0.4) is 0 Å². The molecule has 2 aliphatic rings. The number of pyridine rings is 1. The number of methoxy groups -OCH3 is 1. The van der Waals surface area contributed by atoms with E-state index in [4.69, 9.17) is 21.3 Å². The van der Waals surface area contributed by atoms with E-state index in [1.54, 1.807) is 24.4 Å². The first-order valence-electron chi connectivity index (χ1n) is 15.7. The van der Waals surface area contributed by atoms with Crippen LogP contribution in [0.25, 0.3) is 11.0 Å². The van der Waals surface area contributed by atoms with Crippen molar-refractivity contribution in [2.24, 2.45) is 5.41 Å². The third-order valence-electron chi connectivity index (χ3n) is 9.01. The van der Waals surface area contributed by atoms with E-state index in [2.05, 4.69) is 27.8 Å². The van der Waals surface area contributed by atoms with Crippen molar-refractivity contribution in [1.82, 2.24) is 19.4 Å². The van der Waals surface area contributed by atoms with E-state index in [1.165, 1.54) is 13.2 Å². The number of anilines is 1. The second-order valence-electron chi connectivity index (χ2n) is 12.1. The SMILES string of the molecule is CCC1CN(c2cccc(O)c2O)CCN1Cc1nc2c(F)cc(C(=O)OC)cc2n1CC1(CC#N)CC1.C[CH-]c1ccc(Cl)cn1.[Cm]. The number of phenols is 2. The molecule has 13 heteroatoms. The smallest absolute Gasteiger partial charge is 0.338 e. The molecule has 4 aromatic rings. The van der Waals surface area contributed by atoms with Crippen molar-refractivity contribution >= 4 is 34.3 Å². The predicted molar refractivity (Wildman–Crippen MR) is 178 cm³/mol. The zero-order valence-corrected chi connectivity index (χ0v) is 30.8. The molecule has 2 fully saturated rings. The number of carbonyl (C=O) groups excluding carboxylic acids is 1. The summed E-state index contributed by atoms with van der Waals surface area (Å²) in [6.45, 7) is 7.00. The summed E-state index contributed by atoms with van der Waals surface area (Å²) in [5.74, 6) is -0.773. The van der Waals surface area contributed by atoms with E-state index < -0.39 is 11.8 Å². The van der Waals surface area contributed by atoms with Gasteiger partial charge in [0.15, 0.2) is 17.3 Å². The largest absolute Gasteiger partial charge is 0.504 e. The average Bonchev–Trinajstić information content (AvgIpc) is 3.76. The number of nitriles is 1. The van der Waals surface area contributed by atoms with Crippen LogP contribution in [-0.4, -0.2) is 68.4 Å². The van der Waals surface area contributed by atoms with Gasteiger partial charge < -0.3 is 24.4 Å². The minimum absolute atomic E-state index is 0. The minimum Gasteiger partial charge on any atom is -0.504 e. The van der Waals surface area contributed by atoms with Gasteiger partial charge in [-0.15, -0.1) is 13.0 Å². The van der Waals surface area contributed by atoms with Gasteiger partial charge in [-0.05, 0) is 43.5 Å². The van der Waals surface area contributed by atoms with Crippen LogP contribution in [0, 0.1) is 29.0 Å². The molecule has 1 unspecified atom stereocenters. The number of para-hydroxylation sites is 1. The zero-order valence-electron chi connectivity index (χ0n) is 27.1. The maximum atomic E-state index is 15.2. The van der Waals surface area contributed by atoms with Crippen molar-refractivity contribution in [3.63, 3.8) is 0 Å². The number of benzene rings is 2. The number of hydrogen-bond donors (Lipinski definition) is 2. The average molecular weight is 909 g/mol. The Kier molecular flexibility index (Phi) is 11.0. The summed E-state index contributed by atoms with van der Waals surface area (Å²) in [4.78, 5) is 25.3. The quantitative estimate of drug-likeness (QED) is 0.110. The van der Waals surface area contributed by atoms with Crippen molar-refractivity contribution in [2.45, 2.75) is 58.7 Å². The standard InChI is InChI=1S/C28H32FN5O4.C7H7ClN.Cm/c1-3-19-15-33(21-5-4-6-23(35)26(21)36)12-11-32(19)16-24-31-25-20(29)13-18(27(37)38-2)14-22(25)34(24)17-28(7-8-28)9-10-30;1-2-7-4-3-6(8)5-9-7;/h4-6,13-14,19,35-36H,3,7-9,11-12,15-17H2,1-2H3;2-5H,1H3;/q;-1;. The first-order chi connectivity index (χ1) is 22.6. The summed E-state index contributed by atoms with van der Waals surface area (Å²) in [7, 11) is 1.26. The molecule has 1 aliphatic carbocycles. The maximum Gasteiger partial charge on any atom is 0.338 e. The fraction of sp³-hybridized carbons (Fsp3) is 0.400. The van der Waals surface area contributed by atoms with Gasteiger partial charge >= 0.3 is 5.97 Å². The van der Waals surface area contributed by atoms with Crippen LogP contribution in [-0.2, 0) is 17.8 Å². The summed E-state index contributed by atoms with van der Waals surface area (Å²) in [5, 5.41) is 30.4. The van der Waals surface area contributed by atoms with Crippen molar-refractivity contribution in [1.29, 1.82) is 5.26 Å². The van der Waals surface area contributed by atoms with Gasteiger partial charge in [0.25, 0.3) is 0 Å². The number of aromatic nitrogens is 3. The molecule has 2 N–H and O–H groups in total. The molecule has 1 atom stereocenters. The zero-order chi connectivity index (χ0) is 33.7. The molecule has 3 heterocycles. The molecule has 0 radical (unpaired) electrons. The van der Waals surface area contributed by atoms with Gasteiger partial charge in [0.05, 0.1) is 36.5 Å². The molecule has 0 bridgehead atoms. The van der Waals surface area contributed by atoms with Crippen LogP contribution in [0.4, 0.5) is 10.1 Å². The number of rotatable bonds is 9. The van der Waals surface area contributed by atoms with Crippen LogP contribution in [0.15, 0.2) is 48.7 Å². The Bertz CT molecular complexity index is 1780. The van der Waals surface area contributed by atoms with Crippen LogP contribution < -0.4 is 4.90 Å². The molecule has 1 saturated carbocycles. The number of aromatic hydroxyl groups is 2. The maximum absolute atomic E-state index is 15.2. The van der Waals surface area contributed by atoms with Gasteiger partial charge in [-0.2, -0.15) is 11.3 Å². The van der Waals surface area contributed by atoms with Crippen molar-refractivity contribution in [3.05, 3.63) is 83.0 Å². The van der Waals surface area contributed by atoms with Crippen LogP contribution in [0.1, 0.15) is 61.4 Å². The van der Waals surface area contributed by atoms with E-state index in [1.807, 2.05) is 30.0 Å². The van der Waals surface area contributed by atoms with Crippen molar-refractivity contribution in [3.8, 4) is 17.6 Å². The van der Waals surface area contributed by atoms with Gasteiger partial charge in [0, 0.05) is 55.3 Å². The molecule has 10 nitrogen and oxygen atoms in total. The van der Waals surface area contributed by atoms with Gasteiger partial charge in [-0.1, -0.05) is 30.3 Å². The Morgan fingerprint density at radius 3 is 2.62 bits per heavy atom. The van der Waals surface area contributed by atoms with Gasteiger partial charge in [-0.25, -0.2) is 20.6 Å². The van der Waals surface area contributed by atoms with E-state index in [0.717, 1.165) is 31.0 Å². The number of hydrogen-bond acceptors (Lipinski definition) is 9. The molecule has 2 aromatic carbocycles. The summed E-state index contributed by atoms with van der Waals surface area (Å²) in [5.41, 5.74) is 2.25. The van der Waals surface area contributed by atoms with Crippen LogP contribution >= 0.6 is 11.6 Å². The molecule has 6 rings (SSSR count). The van der Waals surface area contributed by atoms with Gasteiger partial charge in [0.2, 0.25) is 0 Å². The van der Waals surface area contributed by atoms with E-state index in [0.29, 0.717) is 61.2 Å².